The molecule has 3 fully saturated rings. The van der Waals surface area contributed by atoms with E-state index < -0.39 is 0 Å². The molecule has 3 heterocycles. The van der Waals surface area contributed by atoms with E-state index in [-0.39, 0.29) is 0 Å². The minimum Gasteiger partial charge on any atom is -0.351 e. The molecule has 1 saturated carbocycles. The van der Waals surface area contributed by atoms with E-state index in [9.17, 15) is 0 Å². The first kappa shape index (κ1) is 17.8. The second kappa shape index (κ2) is 8.87. The molecule has 4 rings (SSSR count). The second-order valence-electron chi connectivity index (χ2n) is 8.19. The fraction of sp³-hybridized carbons (Fsp3) is 0.850. The van der Waals surface area contributed by atoms with Gasteiger partial charge in [0.15, 0.2) is 0 Å². The van der Waals surface area contributed by atoms with Crippen molar-refractivity contribution in [1.29, 1.82) is 0 Å². The largest absolute Gasteiger partial charge is 0.351 e. The Morgan fingerprint density at radius 2 is 1.04 bits per heavy atom. The number of rotatable bonds is 4. The van der Waals surface area contributed by atoms with Crippen LogP contribution < -0.4 is 15.1 Å². The molecule has 0 radical (unpaired) electrons. The fourth-order valence-corrected chi connectivity index (χ4v) is 4.50. The average molecular weight is 359 g/mol. The fourth-order valence-electron chi connectivity index (χ4n) is 4.50. The molecule has 0 atom stereocenters. The number of nitrogens with one attached hydrogen (secondary N) is 1. The SMILES string of the molecule is C1CCCC(Nc2nc(N3CCCCC3)nc(N3CCCCC3)n2)CC1. The maximum Gasteiger partial charge on any atom is 0.231 e. The summed E-state index contributed by atoms with van der Waals surface area (Å²) in [6, 6.07) is 0.517. The third-order valence-corrected chi connectivity index (χ3v) is 6.08. The van der Waals surface area contributed by atoms with Crippen LogP contribution in [-0.4, -0.2) is 47.2 Å². The van der Waals surface area contributed by atoms with Gasteiger partial charge in [-0.3, -0.25) is 0 Å². The van der Waals surface area contributed by atoms with E-state index in [0.29, 0.717) is 6.04 Å². The van der Waals surface area contributed by atoms with E-state index in [4.69, 9.17) is 15.0 Å². The molecule has 1 N–H and O–H groups in total. The molecule has 1 aromatic heterocycles. The number of anilines is 3. The zero-order chi connectivity index (χ0) is 17.6. The van der Waals surface area contributed by atoms with Gasteiger partial charge in [-0.2, -0.15) is 15.0 Å². The summed E-state index contributed by atoms with van der Waals surface area (Å²) in [5.41, 5.74) is 0. The molecule has 1 aliphatic carbocycles. The van der Waals surface area contributed by atoms with Gasteiger partial charge in [0.2, 0.25) is 17.8 Å². The molecular weight excluding hydrogens is 324 g/mol. The highest BCUT2D eigenvalue weighted by Gasteiger charge is 2.21. The molecule has 1 aromatic rings. The third-order valence-electron chi connectivity index (χ3n) is 6.08. The van der Waals surface area contributed by atoms with Gasteiger partial charge in [0.05, 0.1) is 0 Å². The maximum absolute atomic E-state index is 4.88. The van der Waals surface area contributed by atoms with Crippen LogP contribution in [0.5, 0.6) is 0 Å². The van der Waals surface area contributed by atoms with Gasteiger partial charge in [0.25, 0.3) is 0 Å². The summed E-state index contributed by atoms with van der Waals surface area (Å²) in [4.78, 5) is 19.3. The molecule has 0 aromatic carbocycles. The van der Waals surface area contributed by atoms with Gasteiger partial charge in [-0.25, -0.2) is 0 Å². The van der Waals surface area contributed by atoms with E-state index in [1.165, 1.54) is 77.0 Å². The van der Waals surface area contributed by atoms with Gasteiger partial charge in [0.1, 0.15) is 0 Å². The zero-order valence-corrected chi connectivity index (χ0v) is 16.1. The van der Waals surface area contributed by atoms with Crippen LogP contribution >= 0.6 is 0 Å². The molecule has 144 valence electrons. The van der Waals surface area contributed by atoms with Crippen LogP contribution in [0.25, 0.3) is 0 Å². The predicted molar refractivity (Wildman–Crippen MR) is 107 cm³/mol. The lowest BCUT2D eigenvalue weighted by Gasteiger charge is -2.30. The highest BCUT2D eigenvalue weighted by molar-refractivity contribution is 5.46. The number of aromatic nitrogens is 3. The van der Waals surface area contributed by atoms with Gasteiger partial charge in [-0.05, 0) is 51.4 Å². The van der Waals surface area contributed by atoms with Crippen LogP contribution in [0.4, 0.5) is 17.8 Å². The first-order chi connectivity index (χ1) is 12.9. The van der Waals surface area contributed by atoms with Crippen molar-refractivity contribution < 1.29 is 0 Å². The number of hydrogen-bond acceptors (Lipinski definition) is 6. The standard InChI is InChI=1S/C20H34N6/c1-2-6-12-17(11-5-1)21-18-22-19(25-13-7-3-8-14-25)24-20(23-18)26-15-9-4-10-16-26/h17H,1-16H2,(H,21,22,23,24). The van der Waals surface area contributed by atoms with Gasteiger partial charge in [-0.1, -0.05) is 25.7 Å². The van der Waals surface area contributed by atoms with E-state index in [1.54, 1.807) is 0 Å². The Hall–Kier alpha value is -1.59. The molecule has 2 aliphatic heterocycles. The van der Waals surface area contributed by atoms with Gasteiger partial charge in [0, 0.05) is 32.2 Å². The molecule has 6 heteroatoms. The molecule has 2 saturated heterocycles. The lowest BCUT2D eigenvalue weighted by molar-refractivity contribution is 0.555. The quantitative estimate of drug-likeness (QED) is 0.822. The first-order valence-electron chi connectivity index (χ1n) is 10.9. The van der Waals surface area contributed by atoms with Crippen LogP contribution in [0.1, 0.15) is 77.0 Å². The van der Waals surface area contributed by atoms with Crippen molar-refractivity contribution >= 4 is 17.8 Å². The summed E-state index contributed by atoms with van der Waals surface area (Å²) in [5.74, 6) is 2.57. The Balaban J connectivity index is 1.56. The van der Waals surface area contributed by atoms with Crippen molar-refractivity contribution in [2.45, 2.75) is 83.1 Å². The topological polar surface area (TPSA) is 57.2 Å². The van der Waals surface area contributed by atoms with Crippen LogP contribution in [-0.2, 0) is 0 Å². The van der Waals surface area contributed by atoms with E-state index in [1.807, 2.05) is 0 Å². The van der Waals surface area contributed by atoms with Crippen molar-refractivity contribution in [3.8, 4) is 0 Å². The summed E-state index contributed by atoms with van der Waals surface area (Å²) >= 11 is 0. The lowest BCUT2D eigenvalue weighted by Crippen LogP contribution is -2.35. The summed E-state index contributed by atoms with van der Waals surface area (Å²) < 4.78 is 0. The van der Waals surface area contributed by atoms with E-state index in [0.717, 1.165) is 44.0 Å². The number of piperidine rings is 2. The average Bonchev–Trinajstić information content (AvgIpc) is 2.98. The number of hydrogen-bond donors (Lipinski definition) is 1. The van der Waals surface area contributed by atoms with Crippen LogP contribution in [0.3, 0.4) is 0 Å². The molecule has 0 amide bonds. The Morgan fingerprint density at radius 3 is 1.54 bits per heavy atom. The lowest BCUT2D eigenvalue weighted by atomic mass is 10.1. The molecular formula is C20H34N6. The molecule has 3 aliphatic rings. The van der Waals surface area contributed by atoms with E-state index >= 15 is 0 Å². The van der Waals surface area contributed by atoms with Gasteiger partial charge < -0.3 is 15.1 Å². The number of nitrogens with zero attached hydrogens (tertiary/aromatic N) is 5. The summed E-state index contributed by atoms with van der Waals surface area (Å²) in [5, 5.41) is 3.66. The van der Waals surface area contributed by atoms with Crippen LogP contribution in [0.15, 0.2) is 0 Å². The predicted octanol–water partition coefficient (Wildman–Crippen LogP) is 3.99. The smallest absolute Gasteiger partial charge is 0.231 e. The Kier molecular flexibility index (Phi) is 6.07. The molecule has 6 nitrogen and oxygen atoms in total. The van der Waals surface area contributed by atoms with Crippen molar-refractivity contribution in [2.75, 3.05) is 41.3 Å². The van der Waals surface area contributed by atoms with Gasteiger partial charge in [-0.15, -0.1) is 0 Å². The second-order valence-corrected chi connectivity index (χ2v) is 8.19. The van der Waals surface area contributed by atoms with E-state index in [2.05, 4.69) is 15.1 Å². The highest BCUT2D eigenvalue weighted by atomic mass is 15.4. The van der Waals surface area contributed by atoms with Crippen LogP contribution in [0.2, 0.25) is 0 Å². The monoisotopic (exact) mass is 358 g/mol. The van der Waals surface area contributed by atoms with Crippen LogP contribution in [0, 0.1) is 0 Å². The minimum absolute atomic E-state index is 0.517. The third kappa shape index (κ3) is 4.57. The first-order valence-corrected chi connectivity index (χ1v) is 10.9. The van der Waals surface area contributed by atoms with Gasteiger partial charge >= 0.3 is 0 Å². The molecule has 0 spiro atoms. The summed E-state index contributed by atoms with van der Waals surface area (Å²) in [6.45, 7) is 4.30. The Morgan fingerprint density at radius 1 is 0.577 bits per heavy atom. The Bertz CT molecular complexity index is 521. The highest BCUT2D eigenvalue weighted by Crippen LogP contribution is 2.25. The maximum atomic E-state index is 4.88. The minimum atomic E-state index is 0.517. The van der Waals surface area contributed by atoms with Crippen molar-refractivity contribution in [3.05, 3.63) is 0 Å². The molecule has 0 bridgehead atoms. The van der Waals surface area contributed by atoms with Crippen molar-refractivity contribution in [2.24, 2.45) is 0 Å². The van der Waals surface area contributed by atoms with Crippen molar-refractivity contribution in [1.82, 2.24) is 15.0 Å². The zero-order valence-electron chi connectivity index (χ0n) is 16.1. The van der Waals surface area contributed by atoms with Crippen molar-refractivity contribution in [3.63, 3.8) is 0 Å². The molecule has 26 heavy (non-hydrogen) atoms. The normalized spacial score (nSPS) is 22.9. The summed E-state index contributed by atoms with van der Waals surface area (Å²) in [6.07, 6.45) is 15.5. The molecule has 0 unspecified atom stereocenters. The summed E-state index contributed by atoms with van der Waals surface area (Å²) in [7, 11) is 0. The Labute approximate surface area is 157 Å².